The Morgan fingerprint density at radius 1 is 1.33 bits per heavy atom. The van der Waals surface area contributed by atoms with Gasteiger partial charge in [-0.05, 0) is 12.5 Å². The number of aliphatic imine (C=N–C) groups is 1. The van der Waals surface area contributed by atoms with Crippen molar-refractivity contribution in [2.75, 3.05) is 12.8 Å². The van der Waals surface area contributed by atoms with E-state index in [2.05, 4.69) is 29.3 Å². The second-order valence-corrected chi connectivity index (χ2v) is 3.90. The summed E-state index contributed by atoms with van der Waals surface area (Å²) in [6.07, 6.45) is 1.11. The number of hydrogen-bond donors (Lipinski definition) is 0. The Hall–Kier alpha value is -0.760. The standard InChI is InChI=1S/C10H11NS/c1-11-9-6-7-12-10-5-3-2-4-8(9)10/h2-5H,6-7H2,1H3/b11-9-. The molecular weight excluding hydrogens is 166 g/mol. The fraction of sp³-hybridized carbons (Fsp3) is 0.300. The van der Waals surface area contributed by atoms with Crippen LogP contribution in [0.15, 0.2) is 34.2 Å². The van der Waals surface area contributed by atoms with Crippen LogP contribution in [0.25, 0.3) is 0 Å². The van der Waals surface area contributed by atoms with Crippen LogP contribution in [0.1, 0.15) is 12.0 Å². The average molecular weight is 177 g/mol. The number of hydrogen-bond acceptors (Lipinski definition) is 2. The third kappa shape index (κ3) is 1.27. The highest BCUT2D eigenvalue weighted by atomic mass is 32.2. The summed E-state index contributed by atoms with van der Waals surface area (Å²) < 4.78 is 0. The van der Waals surface area contributed by atoms with Gasteiger partial charge in [0.1, 0.15) is 0 Å². The minimum Gasteiger partial charge on any atom is -0.292 e. The van der Waals surface area contributed by atoms with E-state index in [9.17, 15) is 0 Å². The highest BCUT2D eigenvalue weighted by Crippen LogP contribution is 2.29. The third-order valence-electron chi connectivity index (χ3n) is 2.06. The van der Waals surface area contributed by atoms with Crippen LogP contribution in [0.5, 0.6) is 0 Å². The van der Waals surface area contributed by atoms with Crippen molar-refractivity contribution in [2.24, 2.45) is 4.99 Å². The van der Waals surface area contributed by atoms with E-state index in [1.54, 1.807) is 0 Å². The summed E-state index contributed by atoms with van der Waals surface area (Å²) in [6.45, 7) is 0. The predicted octanol–water partition coefficient (Wildman–Crippen LogP) is 2.60. The van der Waals surface area contributed by atoms with Crippen LogP contribution in [0.4, 0.5) is 0 Å². The van der Waals surface area contributed by atoms with E-state index in [1.807, 2.05) is 18.8 Å². The normalized spacial score (nSPS) is 19.2. The van der Waals surface area contributed by atoms with E-state index in [-0.39, 0.29) is 0 Å². The molecule has 0 bridgehead atoms. The summed E-state index contributed by atoms with van der Waals surface area (Å²) in [5, 5.41) is 0. The Bertz CT molecular complexity index is 317. The molecule has 0 atom stereocenters. The lowest BCUT2D eigenvalue weighted by Gasteiger charge is -2.16. The molecule has 1 nitrogen and oxygen atoms in total. The van der Waals surface area contributed by atoms with Crippen molar-refractivity contribution in [1.82, 2.24) is 0 Å². The fourth-order valence-electron chi connectivity index (χ4n) is 1.46. The number of benzene rings is 1. The first-order chi connectivity index (χ1) is 5.92. The molecule has 62 valence electrons. The minimum atomic E-state index is 1.11. The maximum Gasteiger partial charge on any atom is 0.0436 e. The van der Waals surface area contributed by atoms with E-state index in [0.29, 0.717) is 0 Å². The molecule has 0 unspecified atom stereocenters. The summed E-state index contributed by atoms with van der Waals surface area (Å²) in [5.74, 6) is 1.17. The molecule has 12 heavy (non-hydrogen) atoms. The largest absolute Gasteiger partial charge is 0.292 e. The first-order valence-corrected chi connectivity index (χ1v) is 5.08. The lowest BCUT2D eigenvalue weighted by Crippen LogP contribution is -2.08. The lowest BCUT2D eigenvalue weighted by molar-refractivity contribution is 1.20. The molecule has 0 aromatic heterocycles. The van der Waals surface area contributed by atoms with E-state index < -0.39 is 0 Å². The van der Waals surface area contributed by atoms with Crippen LogP contribution < -0.4 is 0 Å². The van der Waals surface area contributed by atoms with Crippen LogP contribution in [0.3, 0.4) is 0 Å². The smallest absolute Gasteiger partial charge is 0.0436 e. The molecule has 1 aliphatic heterocycles. The molecule has 0 saturated heterocycles. The number of rotatable bonds is 0. The summed E-state index contributed by atoms with van der Waals surface area (Å²) in [4.78, 5) is 5.67. The van der Waals surface area contributed by atoms with Gasteiger partial charge in [0.2, 0.25) is 0 Å². The van der Waals surface area contributed by atoms with Gasteiger partial charge in [0, 0.05) is 29.0 Å². The van der Waals surface area contributed by atoms with Gasteiger partial charge in [0.25, 0.3) is 0 Å². The van der Waals surface area contributed by atoms with Crippen LogP contribution >= 0.6 is 11.8 Å². The van der Waals surface area contributed by atoms with Gasteiger partial charge < -0.3 is 0 Å². The predicted molar refractivity (Wildman–Crippen MR) is 54.2 cm³/mol. The Labute approximate surface area is 76.9 Å². The van der Waals surface area contributed by atoms with Crippen LogP contribution in [0.2, 0.25) is 0 Å². The van der Waals surface area contributed by atoms with Crippen LogP contribution in [-0.4, -0.2) is 18.5 Å². The maximum absolute atomic E-state index is 4.29. The highest BCUT2D eigenvalue weighted by molar-refractivity contribution is 7.99. The molecule has 0 fully saturated rings. The number of thioether (sulfide) groups is 1. The van der Waals surface area contributed by atoms with E-state index in [0.717, 1.165) is 6.42 Å². The van der Waals surface area contributed by atoms with Gasteiger partial charge in [-0.15, -0.1) is 11.8 Å². The van der Waals surface area contributed by atoms with Gasteiger partial charge in [0.15, 0.2) is 0 Å². The van der Waals surface area contributed by atoms with E-state index >= 15 is 0 Å². The average Bonchev–Trinajstić information content (AvgIpc) is 2.17. The molecule has 0 spiro atoms. The molecule has 0 N–H and O–H groups in total. The molecule has 0 amide bonds. The molecule has 0 radical (unpaired) electrons. The first-order valence-electron chi connectivity index (χ1n) is 4.09. The number of fused-ring (bicyclic) bond motifs is 1. The molecule has 2 heteroatoms. The monoisotopic (exact) mass is 177 g/mol. The molecule has 1 aromatic rings. The second-order valence-electron chi connectivity index (χ2n) is 2.76. The maximum atomic E-state index is 4.29. The van der Waals surface area contributed by atoms with Crippen molar-refractivity contribution in [3.05, 3.63) is 29.8 Å². The van der Waals surface area contributed by atoms with Crippen LogP contribution in [0, 0.1) is 0 Å². The molecular formula is C10H11NS. The third-order valence-corrected chi connectivity index (χ3v) is 3.14. The summed E-state index contributed by atoms with van der Waals surface area (Å²) >= 11 is 1.93. The van der Waals surface area contributed by atoms with Gasteiger partial charge in [-0.25, -0.2) is 0 Å². The minimum absolute atomic E-state index is 1.11. The summed E-state index contributed by atoms with van der Waals surface area (Å²) in [7, 11) is 1.88. The second kappa shape index (κ2) is 3.31. The van der Waals surface area contributed by atoms with Crippen molar-refractivity contribution in [2.45, 2.75) is 11.3 Å². The highest BCUT2D eigenvalue weighted by Gasteiger charge is 2.13. The molecule has 1 aromatic carbocycles. The van der Waals surface area contributed by atoms with Crippen LogP contribution in [-0.2, 0) is 0 Å². The quantitative estimate of drug-likeness (QED) is 0.593. The van der Waals surface area contributed by atoms with Gasteiger partial charge >= 0.3 is 0 Å². The summed E-state index contributed by atoms with van der Waals surface area (Å²) in [6, 6.07) is 8.49. The van der Waals surface area contributed by atoms with Crippen molar-refractivity contribution >= 4 is 17.5 Å². The van der Waals surface area contributed by atoms with Gasteiger partial charge in [-0.3, -0.25) is 4.99 Å². The van der Waals surface area contributed by atoms with Gasteiger partial charge in [-0.1, -0.05) is 18.2 Å². The zero-order chi connectivity index (χ0) is 8.39. The molecule has 0 aliphatic carbocycles. The SMILES string of the molecule is C/N=C1/CCSc2ccccc21. The van der Waals surface area contributed by atoms with Crippen molar-refractivity contribution in [3.8, 4) is 0 Å². The van der Waals surface area contributed by atoms with Gasteiger partial charge in [0.05, 0.1) is 0 Å². The zero-order valence-electron chi connectivity index (χ0n) is 7.08. The topological polar surface area (TPSA) is 12.4 Å². The first kappa shape index (κ1) is 7.87. The van der Waals surface area contributed by atoms with Gasteiger partial charge in [-0.2, -0.15) is 0 Å². The van der Waals surface area contributed by atoms with E-state index in [1.165, 1.54) is 21.9 Å². The fourth-order valence-corrected chi connectivity index (χ4v) is 2.49. The van der Waals surface area contributed by atoms with Crippen molar-refractivity contribution in [3.63, 3.8) is 0 Å². The lowest BCUT2D eigenvalue weighted by atomic mass is 10.1. The Morgan fingerprint density at radius 3 is 3.00 bits per heavy atom. The molecule has 1 heterocycles. The van der Waals surface area contributed by atoms with Crippen molar-refractivity contribution in [1.29, 1.82) is 0 Å². The Morgan fingerprint density at radius 2 is 2.17 bits per heavy atom. The zero-order valence-corrected chi connectivity index (χ0v) is 7.90. The molecule has 2 rings (SSSR count). The molecule has 1 aliphatic rings. The molecule has 0 saturated carbocycles. The number of nitrogens with zero attached hydrogens (tertiary/aromatic N) is 1. The van der Waals surface area contributed by atoms with Crippen molar-refractivity contribution < 1.29 is 0 Å². The summed E-state index contributed by atoms with van der Waals surface area (Å²) in [5.41, 5.74) is 2.58. The Balaban J connectivity index is 2.51. The Kier molecular flexibility index (Phi) is 2.17. The van der Waals surface area contributed by atoms with E-state index in [4.69, 9.17) is 0 Å².